The van der Waals surface area contributed by atoms with Gasteiger partial charge in [-0.25, -0.2) is 0 Å². The summed E-state index contributed by atoms with van der Waals surface area (Å²) in [5.41, 5.74) is 2.50. The van der Waals surface area contributed by atoms with Crippen molar-refractivity contribution in [1.29, 1.82) is 0 Å². The molecule has 2 aliphatic rings. The fourth-order valence-corrected chi connectivity index (χ4v) is 4.56. The minimum absolute atomic E-state index is 0.175. The van der Waals surface area contributed by atoms with Crippen molar-refractivity contribution < 1.29 is 9.90 Å². The molecule has 2 aromatic rings. The first-order valence-corrected chi connectivity index (χ1v) is 10.4. The zero-order valence-electron chi connectivity index (χ0n) is 17.0. The number of nitrogens with zero attached hydrogens (tertiary/aromatic N) is 2. The number of aromatic nitrogens is 1. The Morgan fingerprint density at radius 3 is 2.69 bits per heavy atom. The minimum Gasteiger partial charge on any atom is -0.388 e. The molecule has 0 spiro atoms. The van der Waals surface area contributed by atoms with E-state index >= 15 is 0 Å². The van der Waals surface area contributed by atoms with Crippen molar-refractivity contribution in [3.63, 3.8) is 0 Å². The first kappa shape index (κ1) is 19.9. The van der Waals surface area contributed by atoms with Crippen LogP contribution in [0.25, 0.3) is 0 Å². The van der Waals surface area contributed by atoms with E-state index in [9.17, 15) is 14.7 Å². The normalized spacial score (nSPS) is 22.8. The molecule has 1 aromatic carbocycles. The van der Waals surface area contributed by atoms with Crippen molar-refractivity contribution in [2.45, 2.75) is 44.8 Å². The van der Waals surface area contributed by atoms with Gasteiger partial charge in [0, 0.05) is 38.4 Å². The van der Waals surface area contributed by atoms with Crippen LogP contribution in [0.15, 0.2) is 41.2 Å². The van der Waals surface area contributed by atoms with Gasteiger partial charge < -0.3 is 15.0 Å². The summed E-state index contributed by atoms with van der Waals surface area (Å²) in [6, 6.07) is 11.8. The molecule has 0 unspecified atom stereocenters. The number of amides is 1. The second kappa shape index (κ2) is 8.13. The minimum atomic E-state index is -0.805. The third kappa shape index (κ3) is 4.43. The fourth-order valence-electron chi connectivity index (χ4n) is 4.56. The third-order valence-corrected chi connectivity index (χ3v) is 6.22. The van der Waals surface area contributed by atoms with E-state index in [0.29, 0.717) is 32.5 Å². The van der Waals surface area contributed by atoms with Gasteiger partial charge in [0.1, 0.15) is 5.56 Å². The summed E-state index contributed by atoms with van der Waals surface area (Å²) in [5.74, 6) is -0.248. The highest BCUT2D eigenvalue weighted by atomic mass is 16.3. The largest absolute Gasteiger partial charge is 0.388 e. The highest BCUT2D eigenvalue weighted by molar-refractivity contribution is 5.93. The summed E-state index contributed by atoms with van der Waals surface area (Å²) in [7, 11) is 0. The first-order valence-electron chi connectivity index (χ1n) is 10.4. The highest BCUT2D eigenvalue weighted by Gasteiger charge is 2.34. The Balaban J connectivity index is 1.40. The molecule has 3 heterocycles. The van der Waals surface area contributed by atoms with Crippen LogP contribution in [-0.4, -0.2) is 57.6 Å². The van der Waals surface area contributed by atoms with Crippen LogP contribution in [0.3, 0.4) is 0 Å². The number of hydrogen-bond donors (Lipinski definition) is 2. The molecule has 1 aromatic heterocycles. The summed E-state index contributed by atoms with van der Waals surface area (Å²) in [6.45, 7) is 5.25. The lowest BCUT2D eigenvalue weighted by atomic mass is 9.92. The average molecular weight is 396 g/mol. The molecule has 0 bridgehead atoms. The quantitative estimate of drug-likeness (QED) is 0.835. The van der Waals surface area contributed by atoms with E-state index in [1.165, 1.54) is 11.1 Å². The standard InChI is InChI=1S/C23H29N3O3/c1-17-7-8-20(21(27)24-17)22(28)26-12-4-10-23(29,11-14-26)16-25-13-9-18-5-2-3-6-19(18)15-25/h2-3,5-8,29H,4,9-16H2,1H3,(H,24,27)/t23-/m1/s1. The zero-order valence-corrected chi connectivity index (χ0v) is 17.0. The molecule has 1 amide bonds. The Hall–Kier alpha value is -2.44. The Morgan fingerprint density at radius 1 is 1.10 bits per heavy atom. The third-order valence-electron chi connectivity index (χ3n) is 6.22. The van der Waals surface area contributed by atoms with Crippen LogP contribution in [0, 0.1) is 6.92 Å². The van der Waals surface area contributed by atoms with Crippen molar-refractivity contribution in [2.75, 3.05) is 26.2 Å². The van der Waals surface area contributed by atoms with E-state index in [4.69, 9.17) is 0 Å². The lowest BCUT2D eigenvalue weighted by Crippen LogP contribution is -2.45. The van der Waals surface area contributed by atoms with Gasteiger partial charge in [-0.05, 0) is 55.9 Å². The molecule has 2 aliphatic heterocycles. The summed E-state index contributed by atoms with van der Waals surface area (Å²) in [5, 5.41) is 11.3. The van der Waals surface area contributed by atoms with Crippen molar-refractivity contribution in [3.05, 3.63) is 69.1 Å². The van der Waals surface area contributed by atoms with Gasteiger partial charge in [-0.15, -0.1) is 0 Å². The molecule has 1 atom stereocenters. The molecular formula is C23H29N3O3. The van der Waals surface area contributed by atoms with Crippen molar-refractivity contribution >= 4 is 5.91 Å². The molecule has 1 saturated heterocycles. The molecule has 0 radical (unpaired) electrons. The van der Waals surface area contributed by atoms with Crippen molar-refractivity contribution in [3.8, 4) is 0 Å². The summed E-state index contributed by atoms with van der Waals surface area (Å²) in [6.07, 6.45) is 2.93. The second-order valence-electron chi connectivity index (χ2n) is 8.48. The monoisotopic (exact) mass is 395 g/mol. The Labute approximate surface area is 171 Å². The first-order chi connectivity index (χ1) is 13.9. The molecule has 154 valence electrons. The number of rotatable bonds is 3. The van der Waals surface area contributed by atoms with E-state index in [0.717, 1.165) is 31.6 Å². The van der Waals surface area contributed by atoms with Gasteiger partial charge in [0.15, 0.2) is 0 Å². The van der Waals surface area contributed by atoms with Gasteiger partial charge in [-0.1, -0.05) is 24.3 Å². The predicted molar refractivity (Wildman–Crippen MR) is 112 cm³/mol. The predicted octanol–water partition coefficient (Wildman–Crippen LogP) is 2.10. The SMILES string of the molecule is Cc1ccc(C(=O)N2CCC[C@](O)(CN3CCc4ccccc4C3)CC2)c(=O)[nH]1. The second-order valence-corrected chi connectivity index (χ2v) is 8.48. The van der Waals surface area contributed by atoms with Crippen LogP contribution < -0.4 is 5.56 Å². The number of hydrogen-bond acceptors (Lipinski definition) is 4. The Bertz CT molecular complexity index is 954. The van der Waals surface area contributed by atoms with Gasteiger partial charge in [-0.3, -0.25) is 14.5 Å². The number of pyridine rings is 1. The lowest BCUT2D eigenvalue weighted by Gasteiger charge is -2.36. The molecule has 29 heavy (non-hydrogen) atoms. The number of nitrogens with one attached hydrogen (secondary N) is 1. The molecular weight excluding hydrogens is 366 g/mol. The molecule has 6 nitrogen and oxygen atoms in total. The fraction of sp³-hybridized carbons (Fsp3) is 0.478. The number of carbonyl (C=O) groups is 1. The van der Waals surface area contributed by atoms with Crippen molar-refractivity contribution in [1.82, 2.24) is 14.8 Å². The highest BCUT2D eigenvalue weighted by Crippen LogP contribution is 2.27. The molecule has 2 N–H and O–H groups in total. The molecule has 1 fully saturated rings. The molecule has 4 rings (SSSR count). The number of fused-ring (bicyclic) bond motifs is 1. The number of β-amino-alcohol motifs (C(OH)–C–C–N with tert-alkyl or cyclic N) is 1. The van der Waals surface area contributed by atoms with Crippen LogP contribution in [0.5, 0.6) is 0 Å². The van der Waals surface area contributed by atoms with Gasteiger partial charge in [0.2, 0.25) is 0 Å². The smallest absolute Gasteiger partial charge is 0.260 e. The van der Waals surface area contributed by atoms with Crippen molar-refractivity contribution in [2.24, 2.45) is 0 Å². The van der Waals surface area contributed by atoms with Gasteiger partial charge in [0.25, 0.3) is 11.5 Å². The average Bonchev–Trinajstić information content (AvgIpc) is 2.89. The number of aliphatic hydroxyl groups is 1. The number of carbonyl (C=O) groups excluding carboxylic acids is 1. The number of likely N-dealkylation sites (tertiary alicyclic amines) is 1. The molecule has 6 heteroatoms. The number of benzene rings is 1. The maximum atomic E-state index is 12.8. The van der Waals surface area contributed by atoms with E-state index in [2.05, 4.69) is 34.1 Å². The van der Waals surface area contributed by atoms with Gasteiger partial charge in [0.05, 0.1) is 5.60 Å². The number of aryl methyl sites for hydroxylation is 1. The summed E-state index contributed by atoms with van der Waals surface area (Å²) >= 11 is 0. The van der Waals surface area contributed by atoms with Gasteiger partial charge in [-0.2, -0.15) is 0 Å². The topological polar surface area (TPSA) is 76.6 Å². The maximum Gasteiger partial charge on any atom is 0.260 e. The summed E-state index contributed by atoms with van der Waals surface area (Å²) < 4.78 is 0. The van der Waals surface area contributed by atoms with Gasteiger partial charge >= 0.3 is 0 Å². The van der Waals surface area contributed by atoms with Crippen LogP contribution in [0.4, 0.5) is 0 Å². The van der Waals surface area contributed by atoms with Crippen LogP contribution >= 0.6 is 0 Å². The number of aromatic amines is 1. The van der Waals surface area contributed by atoms with E-state index < -0.39 is 5.60 Å². The molecule has 0 saturated carbocycles. The van der Waals surface area contributed by atoms with Crippen LogP contribution in [-0.2, 0) is 13.0 Å². The number of H-pyrrole nitrogens is 1. The zero-order chi connectivity index (χ0) is 20.4. The molecule has 0 aliphatic carbocycles. The van der Waals surface area contributed by atoms with Crippen LogP contribution in [0.2, 0.25) is 0 Å². The van der Waals surface area contributed by atoms with E-state index in [-0.39, 0.29) is 17.0 Å². The Morgan fingerprint density at radius 2 is 1.90 bits per heavy atom. The van der Waals surface area contributed by atoms with Crippen LogP contribution in [0.1, 0.15) is 46.4 Å². The maximum absolute atomic E-state index is 12.8. The Kier molecular flexibility index (Phi) is 5.56. The van der Waals surface area contributed by atoms with E-state index in [1.54, 1.807) is 24.0 Å². The van der Waals surface area contributed by atoms with E-state index in [1.807, 2.05) is 0 Å². The summed E-state index contributed by atoms with van der Waals surface area (Å²) in [4.78, 5) is 31.7. The lowest BCUT2D eigenvalue weighted by molar-refractivity contribution is -0.0118.